The van der Waals surface area contributed by atoms with E-state index in [1.165, 1.54) is 34.4 Å². The van der Waals surface area contributed by atoms with Gasteiger partial charge in [0.05, 0.1) is 5.69 Å². The van der Waals surface area contributed by atoms with Gasteiger partial charge in [-0.1, -0.05) is 48.0 Å². The SMILES string of the molecule is Cc1cc(C)c(-c2cc(N[CH-]N(C)c3cccnc3C)[c-]c(N3[CH-]N(C)c4cccnc43)c2)c(C)c1.FC(F)(F)c1ccc2[cH-]c3ccccc3c2c1.[Pt+4]. The molecule has 0 fully saturated rings. The molecular formula is C44H39F3N6Pt. The van der Waals surface area contributed by atoms with Crippen molar-refractivity contribution in [1.82, 2.24) is 9.97 Å². The minimum atomic E-state index is -4.29. The number of rotatable bonds is 6. The normalized spacial score (nSPS) is 12.3. The fourth-order valence-electron chi connectivity index (χ4n) is 7.07. The molecule has 2 aromatic heterocycles. The zero-order valence-electron chi connectivity index (χ0n) is 30.7. The van der Waals surface area contributed by atoms with E-state index in [0.29, 0.717) is 5.39 Å². The molecule has 8 rings (SSSR count). The van der Waals surface area contributed by atoms with Gasteiger partial charge in [-0.2, -0.15) is 26.5 Å². The average Bonchev–Trinajstić information content (AvgIpc) is 3.67. The van der Waals surface area contributed by atoms with Gasteiger partial charge in [0.2, 0.25) is 0 Å². The monoisotopic (exact) mass is 903 g/mol. The maximum atomic E-state index is 12.6. The molecule has 3 heterocycles. The largest absolute Gasteiger partial charge is 4.00 e. The second-order valence-corrected chi connectivity index (χ2v) is 13.4. The zero-order valence-corrected chi connectivity index (χ0v) is 33.0. The predicted octanol–water partition coefficient (Wildman–Crippen LogP) is 11.3. The van der Waals surface area contributed by atoms with Crippen molar-refractivity contribution in [3.63, 3.8) is 0 Å². The first kappa shape index (κ1) is 38.5. The second kappa shape index (κ2) is 15.6. The Morgan fingerprint density at radius 2 is 1.52 bits per heavy atom. The van der Waals surface area contributed by atoms with Gasteiger partial charge in [0.1, 0.15) is 5.82 Å². The Morgan fingerprint density at radius 1 is 0.815 bits per heavy atom. The minimum Gasteiger partial charge on any atom is -0.536 e. The Bertz CT molecular complexity index is 2420. The third-order valence-electron chi connectivity index (χ3n) is 9.46. The Balaban J connectivity index is 0.000000231. The average molecular weight is 904 g/mol. The number of nitrogens with one attached hydrogen (secondary N) is 1. The van der Waals surface area contributed by atoms with Crippen molar-refractivity contribution in [2.45, 2.75) is 33.9 Å². The van der Waals surface area contributed by atoms with Crippen molar-refractivity contribution in [3.8, 4) is 11.1 Å². The number of aryl methyl sites for hydroxylation is 4. The van der Waals surface area contributed by atoms with Gasteiger partial charge in [-0.15, -0.1) is 74.9 Å². The number of aromatic nitrogens is 2. The van der Waals surface area contributed by atoms with E-state index in [-0.39, 0.29) is 21.1 Å². The molecule has 54 heavy (non-hydrogen) atoms. The van der Waals surface area contributed by atoms with E-state index >= 15 is 0 Å². The van der Waals surface area contributed by atoms with Crippen LogP contribution in [0, 0.1) is 47.1 Å². The molecule has 1 aliphatic heterocycles. The van der Waals surface area contributed by atoms with Gasteiger partial charge in [-0.3, -0.25) is 4.98 Å². The molecule has 0 amide bonds. The van der Waals surface area contributed by atoms with Crippen molar-refractivity contribution in [1.29, 1.82) is 0 Å². The molecule has 10 heteroatoms. The van der Waals surface area contributed by atoms with Crippen molar-refractivity contribution in [2.75, 3.05) is 34.1 Å². The predicted molar refractivity (Wildman–Crippen MR) is 211 cm³/mol. The molecule has 0 aliphatic carbocycles. The number of fused-ring (bicyclic) bond motifs is 4. The van der Waals surface area contributed by atoms with E-state index in [1.807, 2.05) is 87.4 Å². The van der Waals surface area contributed by atoms with Crippen molar-refractivity contribution >= 4 is 50.1 Å². The molecule has 0 spiro atoms. The maximum Gasteiger partial charge on any atom is 4.00 e. The van der Waals surface area contributed by atoms with Gasteiger partial charge >= 0.3 is 27.2 Å². The first-order valence-electron chi connectivity index (χ1n) is 17.2. The number of anilines is 5. The molecule has 276 valence electrons. The number of hydrogen-bond donors (Lipinski definition) is 1. The number of benzene rings is 4. The number of halogens is 3. The Hall–Kier alpha value is -5.27. The summed E-state index contributed by atoms with van der Waals surface area (Å²) in [7, 11) is 4.05. The van der Waals surface area contributed by atoms with E-state index in [4.69, 9.17) is 0 Å². The van der Waals surface area contributed by atoms with Gasteiger partial charge in [-0.05, 0) is 82.7 Å². The van der Waals surface area contributed by atoms with E-state index in [1.54, 1.807) is 0 Å². The summed E-state index contributed by atoms with van der Waals surface area (Å²) in [6.45, 7) is 12.5. The van der Waals surface area contributed by atoms with Gasteiger partial charge < -0.3 is 20.0 Å². The summed E-state index contributed by atoms with van der Waals surface area (Å²) in [6, 6.07) is 33.7. The molecular weight excluding hydrogens is 865 g/mol. The molecule has 5 aromatic carbocycles. The summed E-state index contributed by atoms with van der Waals surface area (Å²) < 4.78 is 37.9. The molecule has 0 saturated heterocycles. The molecule has 1 N–H and O–H groups in total. The van der Waals surface area contributed by atoms with Crippen molar-refractivity contribution < 1.29 is 34.2 Å². The van der Waals surface area contributed by atoms with Crippen LogP contribution in [0.3, 0.4) is 0 Å². The third-order valence-corrected chi connectivity index (χ3v) is 9.46. The summed E-state index contributed by atoms with van der Waals surface area (Å²) >= 11 is 0. The molecule has 0 saturated carbocycles. The first-order valence-corrected chi connectivity index (χ1v) is 17.2. The smallest absolute Gasteiger partial charge is 0.536 e. The molecule has 0 radical (unpaired) electrons. The van der Waals surface area contributed by atoms with Crippen LogP contribution < -0.4 is 20.0 Å². The van der Waals surface area contributed by atoms with Gasteiger partial charge in [0, 0.05) is 29.3 Å². The summed E-state index contributed by atoms with van der Waals surface area (Å²) in [5.74, 6) is 0.892. The minimum absolute atomic E-state index is 0. The Kier molecular flexibility index (Phi) is 11.1. The fourth-order valence-corrected chi connectivity index (χ4v) is 7.07. The fraction of sp³-hybridized carbons (Fsp3) is 0.159. The molecule has 6 nitrogen and oxygen atoms in total. The van der Waals surface area contributed by atoms with Crippen LogP contribution in [0.4, 0.5) is 41.7 Å². The second-order valence-electron chi connectivity index (χ2n) is 13.4. The van der Waals surface area contributed by atoms with Crippen LogP contribution in [0.1, 0.15) is 27.9 Å². The number of pyridine rings is 2. The zero-order chi connectivity index (χ0) is 37.4. The third kappa shape index (κ3) is 7.83. The van der Waals surface area contributed by atoms with Gasteiger partial charge in [0.15, 0.2) is 0 Å². The van der Waals surface area contributed by atoms with Crippen LogP contribution in [0.5, 0.6) is 0 Å². The van der Waals surface area contributed by atoms with Crippen molar-refractivity contribution in [3.05, 3.63) is 157 Å². The summed E-state index contributed by atoms with van der Waals surface area (Å²) in [4.78, 5) is 15.3. The molecule has 7 aromatic rings. The topological polar surface area (TPSA) is 47.5 Å². The van der Waals surface area contributed by atoms with E-state index < -0.39 is 11.7 Å². The summed E-state index contributed by atoms with van der Waals surface area (Å²) in [5, 5.41) is 6.82. The number of alkyl halides is 3. The van der Waals surface area contributed by atoms with Crippen LogP contribution in [0.2, 0.25) is 0 Å². The van der Waals surface area contributed by atoms with Crippen molar-refractivity contribution in [2.24, 2.45) is 0 Å². The standard InChI is InChI=1S/C30H31N6.C14H8F3.Pt/c1-20-13-21(2)29(22(3)14-20)24-15-25(33-18-34(5)27-9-7-11-31-23(27)4)17-26(16-24)36-19-35(6)28-10-8-12-32-30(28)36;15-14(16,17)11-6-5-10-7-9-3-1-2-4-12(9)13(10)8-11;/h7-16,18-19,33H,1-6H3;1-8H;/q-3;-1;+4. The van der Waals surface area contributed by atoms with Gasteiger partial charge in [-0.25, -0.2) is 4.98 Å². The van der Waals surface area contributed by atoms with Crippen LogP contribution in [-0.4, -0.2) is 24.1 Å². The summed E-state index contributed by atoms with van der Waals surface area (Å²) in [6.07, 6.45) is -0.646. The van der Waals surface area contributed by atoms with Crippen LogP contribution in [0.15, 0.2) is 109 Å². The number of hydrogen-bond acceptors (Lipinski definition) is 6. The molecule has 1 aliphatic rings. The van der Waals surface area contributed by atoms with Crippen LogP contribution in [-0.2, 0) is 27.2 Å². The molecule has 0 unspecified atom stereocenters. The van der Waals surface area contributed by atoms with E-state index in [0.717, 1.165) is 62.0 Å². The van der Waals surface area contributed by atoms with Gasteiger partial charge in [0.25, 0.3) is 0 Å². The van der Waals surface area contributed by atoms with Crippen LogP contribution in [0.25, 0.3) is 32.7 Å². The maximum absolute atomic E-state index is 12.6. The first-order chi connectivity index (χ1) is 25.4. The van der Waals surface area contributed by atoms with E-state index in [2.05, 4.69) is 95.0 Å². The molecule has 0 atom stereocenters. The Morgan fingerprint density at radius 3 is 2.26 bits per heavy atom. The number of nitrogens with zero attached hydrogens (tertiary/aromatic N) is 5. The summed E-state index contributed by atoms with van der Waals surface area (Å²) in [5.41, 5.74) is 10.4. The molecule has 0 bridgehead atoms. The van der Waals surface area contributed by atoms with Crippen LogP contribution >= 0.6 is 0 Å². The quantitative estimate of drug-likeness (QED) is 0.168. The Labute approximate surface area is 328 Å². The van der Waals surface area contributed by atoms with E-state index in [9.17, 15) is 13.2 Å².